The van der Waals surface area contributed by atoms with Crippen molar-refractivity contribution in [3.8, 4) is 0 Å². The number of sulfonamides is 1. The highest BCUT2D eigenvalue weighted by atomic mass is 35.5. The van der Waals surface area contributed by atoms with E-state index < -0.39 is 10.0 Å². The van der Waals surface area contributed by atoms with Crippen LogP contribution >= 0.6 is 11.6 Å². The van der Waals surface area contributed by atoms with Crippen molar-refractivity contribution in [2.45, 2.75) is 6.42 Å². The summed E-state index contributed by atoms with van der Waals surface area (Å²) in [5.74, 6) is 0.0746. The van der Waals surface area contributed by atoms with E-state index >= 15 is 0 Å². The Balaban J connectivity index is 1.36. The second-order valence-electron chi connectivity index (χ2n) is 7.59. The van der Waals surface area contributed by atoms with E-state index in [4.69, 9.17) is 11.6 Å². The molecule has 0 spiro atoms. The van der Waals surface area contributed by atoms with Crippen molar-refractivity contribution in [2.24, 2.45) is 0 Å². The van der Waals surface area contributed by atoms with Crippen LogP contribution in [0, 0.1) is 0 Å². The zero-order valence-corrected chi connectivity index (χ0v) is 17.9. The third-order valence-electron chi connectivity index (χ3n) is 5.59. The summed E-state index contributed by atoms with van der Waals surface area (Å²) < 4.78 is 25.1. The van der Waals surface area contributed by atoms with Crippen LogP contribution in [0.15, 0.2) is 42.5 Å². The summed E-state index contributed by atoms with van der Waals surface area (Å²) in [6, 6.07) is 13.2. The number of carbonyl (C=O) groups excluding carboxylic acids is 1. The van der Waals surface area contributed by atoms with Crippen molar-refractivity contribution in [2.75, 3.05) is 54.7 Å². The molecule has 29 heavy (non-hydrogen) atoms. The molecule has 6 nitrogen and oxygen atoms in total. The van der Waals surface area contributed by atoms with Crippen molar-refractivity contribution in [1.82, 2.24) is 4.90 Å². The first-order valence-electron chi connectivity index (χ1n) is 9.68. The molecular formula is C21H24ClN3O3S. The van der Waals surface area contributed by atoms with Crippen LogP contribution in [0.2, 0.25) is 5.02 Å². The Labute approximate surface area is 176 Å². The van der Waals surface area contributed by atoms with Gasteiger partial charge in [0.25, 0.3) is 0 Å². The normalized spacial score (nSPS) is 17.4. The number of fused-ring (bicyclic) bond motifs is 1. The summed E-state index contributed by atoms with van der Waals surface area (Å²) in [5, 5.41) is 0.729. The molecule has 0 aromatic heterocycles. The number of anilines is 2. The molecule has 0 radical (unpaired) electrons. The molecule has 2 aromatic rings. The lowest BCUT2D eigenvalue weighted by Crippen LogP contribution is -2.48. The van der Waals surface area contributed by atoms with Crippen LogP contribution < -0.4 is 9.21 Å². The molecule has 8 heteroatoms. The van der Waals surface area contributed by atoms with Gasteiger partial charge in [-0.2, -0.15) is 0 Å². The van der Waals surface area contributed by atoms with Gasteiger partial charge >= 0.3 is 0 Å². The van der Waals surface area contributed by atoms with Gasteiger partial charge in [0.15, 0.2) is 5.78 Å². The van der Waals surface area contributed by atoms with Crippen molar-refractivity contribution in [1.29, 1.82) is 0 Å². The first-order valence-corrected chi connectivity index (χ1v) is 11.9. The maximum Gasteiger partial charge on any atom is 0.232 e. The highest BCUT2D eigenvalue weighted by Crippen LogP contribution is 2.31. The third-order valence-corrected chi connectivity index (χ3v) is 7.02. The Kier molecular flexibility index (Phi) is 5.55. The molecule has 2 aliphatic heterocycles. The zero-order chi connectivity index (χ0) is 20.6. The van der Waals surface area contributed by atoms with Gasteiger partial charge in [0.05, 0.1) is 18.5 Å². The van der Waals surface area contributed by atoms with E-state index in [-0.39, 0.29) is 5.78 Å². The second kappa shape index (κ2) is 7.97. The second-order valence-corrected chi connectivity index (χ2v) is 9.93. The van der Waals surface area contributed by atoms with Crippen LogP contribution in [0.4, 0.5) is 11.4 Å². The smallest absolute Gasteiger partial charge is 0.232 e. The molecular weight excluding hydrogens is 410 g/mol. The molecule has 0 amide bonds. The Morgan fingerprint density at radius 1 is 1.00 bits per heavy atom. The van der Waals surface area contributed by atoms with Crippen molar-refractivity contribution in [3.05, 3.63) is 58.6 Å². The summed E-state index contributed by atoms with van der Waals surface area (Å²) in [7, 11) is -3.27. The van der Waals surface area contributed by atoms with Gasteiger partial charge in [0.2, 0.25) is 10.0 Å². The lowest BCUT2D eigenvalue weighted by Gasteiger charge is -2.35. The molecule has 0 unspecified atom stereocenters. The molecule has 2 heterocycles. The van der Waals surface area contributed by atoms with Crippen LogP contribution in [0.25, 0.3) is 0 Å². The number of ketones is 1. The van der Waals surface area contributed by atoms with Crippen LogP contribution in [0.3, 0.4) is 0 Å². The van der Waals surface area contributed by atoms with E-state index in [9.17, 15) is 13.2 Å². The molecule has 0 N–H and O–H groups in total. The van der Waals surface area contributed by atoms with Crippen molar-refractivity contribution < 1.29 is 13.2 Å². The van der Waals surface area contributed by atoms with Crippen LogP contribution in [-0.4, -0.2) is 64.6 Å². The number of piperazine rings is 1. The van der Waals surface area contributed by atoms with E-state index in [0.717, 1.165) is 42.5 Å². The molecule has 154 valence electrons. The number of Topliss-reactive ketones (excluding diaryl/α,β-unsaturated/α-hetero) is 1. The average Bonchev–Trinajstić information content (AvgIpc) is 3.13. The summed E-state index contributed by atoms with van der Waals surface area (Å²) in [4.78, 5) is 17.2. The van der Waals surface area contributed by atoms with Crippen LogP contribution in [0.1, 0.15) is 15.9 Å². The molecule has 0 bridgehead atoms. The fourth-order valence-electron chi connectivity index (χ4n) is 4.00. The Hall–Kier alpha value is -2.09. The number of nitrogens with zero attached hydrogens (tertiary/aromatic N) is 3. The molecule has 2 aliphatic rings. The van der Waals surface area contributed by atoms with Gasteiger partial charge in [0, 0.05) is 49.0 Å². The van der Waals surface area contributed by atoms with Gasteiger partial charge in [-0.25, -0.2) is 8.42 Å². The maximum absolute atomic E-state index is 12.8. The van der Waals surface area contributed by atoms with Gasteiger partial charge < -0.3 is 4.90 Å². The van der Waals surface area contributed by atoms with Crippen molar-refractivity contribution >= 4 is 38.8 Å². The minimum Gasteiger partial charge on any atom is -0.369 e. The highest BCUT2D eigenvalue weighted by molar-refractivity contribution is 7.92. The maximum atomic E-state index is 12.8. The summed E-state index contributed by atoms with van der Waals surface area (Å²) >= 11 is 5.96. The minimum absolute atomic E-state index is 0.0746. The number of rotatable bonds is 5. The summed E-state index contributed by atoms with van der Waals surface area (Å²) in [6.07, 6.45) is 1.86. The van der Waals surface area contributed by atoms with Crippen LogP contribution in [-0.2, 0) is 16.4 Å². The average molecular weight is 434 g/mol. The third kappa shape index (κ3) is 4.42. The fourth-order valence-corrected chi connectivity index (χ4v) is 5.08. The summed E-state index contributed by atoms with van der Waals surface area (Å²) in [6.45, 7) is 4.19. The molecule has 1 saturated heterocycles. The Bertz CT molecular complexity index is 1020. The van der Waals surface area contributed by atoms with Gasteiger partial charge in [-0.1, -0.05) is 11.6 Å². The molecule has 0 atom stereocenters. The number of benzene rings is 2. The van der Waals surface area contributed by atoms with E-state index in [2.05, 4.69) is 9.80 Å². The van der Waals surface area contributed by atoms with E-state index in [1.54, 1.807) is 12.1 Å². The van der Waals surface area contributed by atoms with Gasteiger partial charge in [-0.3, -0.25) is 14.0 Å². The standard InChI is InChI=1S/C21H24ClN3O3S/c1-29(27,28)25-9-8-16-14-17(2-7-20(16)25)21(26)15-23-10-12-24(13-11-23)19-5-3-18(22)4-6-19/h2-7,14H,8-13,15H2,1H3. The zero-order valence-electron chi connectivity index (χ0n) is 16.3. The SMILES string of the molecule is CS(=O)(=O)N1CCc2cc(C(=O)CN3CCN(c4ccc(Cl)cc4)CC3)ccc21. The van der Waals surface area contributed by atoms with Crippen molar-refractivity contribution in [3.63, 3.8) is 0 Å². The predicted molar refractivity (Wildman–Crippen MR) is 117 cm³/mol. The lowest BCUT2D eigenvalue weighted by atomic mass is 10.0. The quantitative estimate of drug-likeness (QED) is 0.678. The topological polar surface area (TPSA) is 60.9 Å². The Morgan fingerprint density at radius 2 is 1.69 bits per heavy atom. The van der Waals surface area contributed by atoms with Crippen LogP contribution in [0.5, 0.6) is 0 Å². The van der Waals surface area contributed by atoms with Gasteiger partial charge in [0.1, 0.15) is 0 Å². The van der Waals surface area contributed by atoms with E-state index in [1.807, 2.05) is 30.3 Å². The fraction of sp³-hybridized carbons (Fsp3) is 0.381. The number of carbonyl (C=O) groups is 1. The number of halogens is 1. The molecule has 0 saturated carbocycles. The minimum atomic E-state index is -3.27. The largest absolute Gasteiger partial charge is 0.369 e. The molecule has 4 rings (SSSR count). The lowest BCUT2D eigenvalue weighted by molar-refractivity contribution is 0.0926. The first-order chi connectivity index (χ1) is 13.8. The number of hydrogen-bond donors (Lipinski definition) is 0. The molecule has 1 fully saturated rings. The Morgan fingerprint density at radius 3 is 2.34 bits per heavy atom. The van der Waals surface area contributed by atoms with E-state index in [0.29, 0.717) is 30.8 Å². The van der Waals surface area contributed by atoms with Gasteiger partial charge in [-0.05, 0) is 54.4 Å². The number of hydrogen-bond acceptors (Lipinski definition) is 5. The predicted octanol–water partition coefficient (Wildman–Crippen LogP) is 2.67. The molecule has 2 aromatic carbocycles. The monoisotopic (exact) mass is 433 g/mol. The van der Waals surface area contributed by atoms with E-state index in [1.165, 1.54) is 10.6 Å². The highest BCUT2D eigenvalue weighted by Gasteiger charge is 2.27. The summed E-state index contributed by atoms with van der Waals surface area (Å²) in [5.41, 5.74) is 3.42. The first kappa shape index (κ1) is 20.2. The van der Waals surface area contributed by atoms with Gasteiger partial charge in [-0.15, -0.1) is 0 Å². The molecule has 0 aliphatic carbocycles.